The van der Waals surface area contributed by atoms with Crippen molar-refractivity contribution in [2.45, 2.75) is 46.5 Å². The first-order valence-corrected chi connectivity index (χ1v) is 13.0. The fourth-order valence-electron chi connectivity index (χ4n) is 4.96. The third kappa shape index (κ3) is 5.75. The summed E-state index contributed by atoms with van der Waals surface area (Å²) in [5.74, 6) is 1.62. The summed E-state index contributed by atoms with van der Waals surface area (Å²) in [5, 5.41) is 8.94. The minimum atomic E-state index is 0.355. The highest BCUT2D eigenvalue weighted by molar-refractivity contribution is 5.79. The van der Waals surface area contributed by atoms with Crippen molar-refractivity contribution in [2.24, 2.45) is 11.8 Å². The van der Waals surface area contributed by atoms with Gasteiger partial charge in [0, 0.05) is 49.7 Å². The molecule has 2 unspecified atom stereocenters. The quantitative estimate of drug-likeness (QED) is 0.325. The van der Waals surface area contributed by atoms with Crippen LogP contribution in [0, 0.1) is 11.8 Å². The number of hydrogen-bond acceptors (Lipinski definition) is 6. The summed E-state index contributed by atoms with van der Waals surface area (Å²) < 4.78 is 6.01. The lowest BCUT2D eigenvalue weighted by Gasteiger charge is -2.35. The molecule has 1 aromatic heterocycles. The van der Waals surface area contributed by atoms with Gasteiger partial charge < -0.3 is 14.5 Å². The fourth-order valence-corrected chi connectivity index (χ4v) is 4.96. The van der Waals surface area contributed by atoms with E-state index >= 15 is 0 Å². The maximum atomic E-state index is 6.01. The number of rotatable bonds is 11. The van der Waals surface area contributed by atoms with Gasteiger partial charge in [0.15, 0.2) is 0 Å². The Kier molecular flexibility index (Phi) is 8.21. The first-order chi connectivity index (χ1) is 17.0. The van der Waals surface area contributed by atoms with Crippen molar-refractivity contribution in [2.75, 3.05) is 43.6 Å². The molecule has 0 N–H and O–H groups in total. The Morgan fingerprint density at radius 2 is 1.37 bits per heavy atom. The molecule has 1 saturated carbocycles. The number of hydrogen-bond donors (Lipinski definition) is 0. The van der Waals surface area contributed by atoms with Crippen LogP contribution in [0.3, 0.4) is 0 Å². The molecular weight excluding hydrogens is 434 g/mol. The normalized spacial score (nSPS) is 17.1. The van der Waals surface area contributed by atoms with Crippen LogP contribution in [0.4, 0.5) is 11.4 Å². The number of ether oxygens (including phenoxy) is 1. The predicted octanol–water partition coefficient (Wildman–Crippen LogP) is 6.32. The van der Waals surface area contributed by atoms with Gasteiger partial charge in [-0.2, -0.15) is 4.98 Å². The molecular formula is C29H39N5O. The smallest absolute Gasteiger partial charge is 0.336 e. The fraction of sp³-hybridized carbons (Fsp3) is 0.483. The number of nitrogens with zero attached hydrogens (tertiary/aromatic N) is 5. The molecule has 0 radical (unpaired) electrons. The molecule has 4 rings (SSSR count). The molecule has 0 aliphatic heterocycles. The van der Waals surface area contributed by atoms with Crippen molar-refractivity contribution in [3.8, 4) is 28.5 Å². The van der Waals surface area contributed by atoms with E-state index in [-0.39, 0.29) is 0 Å². The summed E-state index contributed by atoms with van der Waals surface area (Å²) in [6, 6.07) is 17.3. The van der Waals surface area contributed by atoms with Crippen molar-refractivity contribution in [1.29, 1.82) is 0 Å². The summed E-state index contributed by atoms with van der Waals surface area (Å²) in [6.45, 7) is 9.24. The molecule has 0 saturated heterocycles. The van der Waals surface area contributed by atoms with Crippen molar-refractivity contribution in [3.05, 3.63) is 48.5 Å². The van der Waals surface area contributed by atoms with E-state index in [1.54, 1.807) is 0 Å². The lowest BCUT2D eigenvalue weighted by Crippen LogP contribution is -2.26. The summed E-state index contributed by atoms with van der Waals surface area (Å²) in [5.41, 5.74) is 5.92. The summed E-state index contributed by atoms with van der Waals surface area (Å²) >= 11 is 0. The lowest BCUT2D eigenvalue weighted by atomic mass is 9.71. The van der Waals surface area contributed by atoms with Crippen LogP contribution in [0.2, 0.25) is 0 Å². The van der Waals surface area contributed by atoms with E-state index in [0.717, 1.165) is 59.5 Å². The summed E-state index contributed by atoms with van der Waals surface area (Å²) in [6.07, 6.45) is 4.99. The largest absolute Gasteiger partial charge is 0.462 e. The van der Waals surface area contributed by atoms with Gasteiger partial charge in [-0.1, -0.05) is 42.7 Å². The van der Waals surface area contributed by atoms with Gasteiger partial charge in [-0.3, -0.25) is 0 Å². The van der Waals surface area contributed by atoms with E-state index in [9.17, 15) is 0 Å². The Labute approximate surface area is 210 Å². The van der Waals surface area contributed by atoms with Gasteiger partial charge in [0.2, 0.25) is 0 Å². The summed E-state index contributed by atoms with van der Waals surface area (Å²) in [7, 11) is 4.08. The van der Waals surface area contributed by atoms with Crippen molar-refractivity contribution in [3.63, 3.8) is 0 Å². The van der Waals surface area contributed by atoms with Crippen LogP contribution in [0.5, 0.6) is 6.01 Å². The third-order valence-corrected chi connectivity index (χ3v) is 7.41. The average Bonchev–Trinajstić information content (AvgIpc) is 2.87. The van der Waals surface area contributed by atoms with Gasteiger partial charge >= 0.3 is 6.01 Å². The lowest BCUT2D eigenvalue weighted by molar-refractivity contribution is 0.129. The Hall–Kier alpha value is -3.15. The van der Waals surface area contributed by atoms with E-state index in [1.807, 2.05) is 14.1 Å². The molecule has 1 fully saturated rings. The second-order valence-electron chi connectivity index (χ2n) is 9.59. The first kappa shape index (κ1) is 25.0. The van der Waals surface area contributed by atoms with Gasteiger partial charge in [-0.05, 0) is 69.2 Å². The van der Waals surface area contributed by atoms with E-state index in [2.05, 4.69) is 89.3 Å². The molecule has 0 amide bonds. The van der Waals surface area contributed by atoms with E-state index < -0.39 is 0 Å². The monoisotopic (exact) mass is 473 g/mol. The summed E-state index contributed by atoms with van der Waals surface area (Å²) in [4.78, 5) is 9.27. The van der Waals surface area contributed by atoms with Crippen molar-refractivity contribution < 1.29 is 4.74 Å². The second kappa shape index (κ2) is 11.5. The molecule has 6 nitrogen and oxygen atoms in total. The predicted molar refractivity (Wildman–Crippen MR) is 145 cm³/mol. The third-order valence-electron chi connectivity index (χ3n) is 7.41. The molecule has 2 aromatic carbocycles. The van der Waals surface area contributed by atoms with Crippen LogP contribution in [0.25, 0.3) is 22.5 Å². The van der Waals surface area contributed by atoms with E-state index in [4.69, 9.17) is 9.72 Å². The van der Waals surface area contributed by atoms with Crippen LogP contribution in [0.15, 0.2) is 48.5 Å². The van der Waals surface area contributed by atoms with Crippen LogP contribution in [-0.2, 0) is 0 Å². The number of anilines is 2. The molecule has 1 heterocycles. The van der Waals surface area contributed by atoms with Crippen LogP contribution < -0.4 is 14.5 Å². The molecule has 1 aliphatic rings. The molecule has 3 aromatic rings. The zero-order valence-corrected chi connectivity index (χ0v) is 21.9. The number of aromatic nitrogens is 3. The van der Waals surface area contributed by atoms with Gasteiger partial charge in [-0.15, -0.1) is 5.10 Å². The molecule has 186 valence electrons. The van der Waals surface area contributed by atoms with Gasteiger partial charge in [0.1, 0.15) is 11.4 Å². The Morgan fingerprint density at radius 3 is 1.91 bits per heavy atom. The molecule has 0 bridgehead atoms. The molecule has 1 aliphatic carbocycles. The number of benzene rings is 2. The Balaban J connectivity index is 1.61. The highest BCUT2D eigenvalue weighted by atomic mass is 16.5. The van der Waals surface area contributed by atoms with Crippen molar-refractivity contribution in [1.82, 2.24) is 15.2 Å². The first-order valence-electron chi connectivity index (χ1n) is 13.0. The molecule has 35 heavy (non-hydrogen) atoms. The molecule has 2 atom stereocenters. The van der Waals surface area contributed by atoms with Crippen LogP contribution >= 0.6 is 0 Å². The highest BCUT2D eigenvalue weighted by Crippen LogP contribution is 2.39. The highest BCUT2D eigenvalue weighted by Gasteiger charge is 2.28. The minimum Gasteiger partial charge on any atom is -0.462 e. The second-order valence-corrected chi connectivity index (χ2v) is 9.59. The Morgan fingerprint density at radius 1 is 0.771 bits per heavy atom. The Bertz CT molecular complexity index is 1080. The van der Waals surface area contributed by atoms with E-state index in [0.29, 0.717) is 12.6 Å². The van der Waals surface area contributed by atoms with Gasteiger partial charge in [0.25, 0.3) is 0 Å². The zero-order valence-electron chi connectivity index (χ0n) is 21.9. The SMILES string of the molecule is CCC1CCC1CCOc1nnc(-c2ccc(N(C)C)cc2)c(-c2ccc(N(CC)CC)cc2)n1. The molecule has 0 spiro atoms. The van der Waals surface area contributed by atoms with Gasteiger partial charge in [-0.25, -0.2) is 0 Å². The topological polar surface area (TPSA) is 54.4 Å². The van der Waals surface area contributed by atoms with E-state index in [1.165, 1.54) is 24.9 Å². The maximum Gasteiger partial charge on any atom is 0.336 e. The minimum absolute atomic E-state index is 0.355. The van der Waals surface area contributed by atoms with Crippen molar-refractivity contribution >= 4 is 11.4 Å². The van der Waals surface area contributed by atoms with Gasteiger partial charge in [0.05, 0.1) is 6.61 Å². The standard InChI is InChI=1S/C29H39N5O/c1-6-21-9-10-22(21)19-20-35-29-30-27(23-13-17-26(18-14-23)34(7-2)8-3)28(31-32-29)24-11-15-25(16-12-24)33(4)5/h11-18,21-22H,6-10,19-20H2,1-5H3. The zero-order chi connectivity index (χ0) is 24.8. The average molecular weight is 474 g/mol. The van der Waals surface area contributed by atoms with Crippen LogP contribution in [-0.4, -0.2) is 49.0 Å². The molecule has 6 heteroatoms. The van der Waals surface area contributed by atoms with Crippen LogP contribution in [0.1, 0.15) is 46.5 Å². The maximum absolute atomic E-state index is 6.01.